The summed E-state index contributed by atoms with van der Waals surface area (Å²) in [6, 6.07) is 7.07. The minimum atomic E-state index is -5.85. The van der Waals surface area contributed by atoms with E-state index in [2.05, 4.69) is 5.18 Å². The molecule has 190 valence electrons. The molecule has 5 atom stereocenters. The number of nitroso groups, excluding NO2 is 1. The van der Waals surface area contributed by atoms with Crippen molar-refractivity contribution < 1.29 is 31.8 Å². The van der Waals surface area contributed by atoms with E-state index in [1.807, 2.05) is 0 Å². The number of nitrogens with zero attached hydrogens (tertiary/aromatic N) is 1. The van der Waals surface area contributed by atoms with Crippen molar-refractivity contribution >= 4 is 0 Å². The van der Waals surface area contributed by atoms with Crippen molar-refractivity contribution in [1.29, 1.82) is 0 Å². The third kappa shape index (κ3) is 3.40. The molecule has 1 aliphatic heterocycles. The van der Waals surface area contributed by atoms with E-state index < -0.39 is 41.4 Å². The Labute approximate surface area is 200 Å². The number of aliphatic hydroxyl groups is 1. The van der Waals surface area contributed by atoms with E-state index in [9.17, 15) is 32.0 Å². The van der Waals surface area contributed by atoms with Gasteiger partial charge in [-0.2, -0.15) is 26.9 Å². The predicted molar refractivity (Wildman–Crippen MR) is 118 cm³/mol. The average molecular weight is 498 g/mol. The van der Waals surface area contributed by atoms with Gasteiger partial charge in [0.25, 0.3) is 0 Å². The third-order valence-corrected chi connectivity index (χ3v) is 9.13. The first-order valence-electron chi connectivity index (χ1n) is 12.0. The van der Waals surface area contributed by atoms with Crippen molar-refractivity contribution in [1.82, 2.24) is 0 Å². The molecule has 1 aromatic carbocycles. The fraction of sp³-hybridized carbons (Fsp3) is 0.615. The van der Waals surface area contributed by atoms with E-state index in [4.69, 9.17) is 4.74 Å². The fourth-order valence-corrected chi connectivity index (χ4v) is 7.42. The van der Waals surface area contributed by atoms with E-state index in [0.29, 0.717) is 31.4 Å². The third-order valence-electron chi connectivity index (χ3n) is 9.13. The second-order valence-electron chi connectivity index (χ2n) is 10.6. The summed E-state index contributed by atoms with van der Waals surface area (Å²) in [5.41, 5.74) is -0.0823. The molecule has 4 unspecified atom stereocenters. The molecule has 2 fully saturated rings. The summed E-state index contributed by atoms with van der Waals surface area (Å²) in [5.74, 6) is -6.33. The van der Waals surface area contributed by atoms with Gasteiger partial charge in [-0.15, -0.1) is 0 Å². The molecule has 2 saturated carbocycles. The zero-order chi connectivity index (χ0) is 25.2. The van der Waals surface area contributed by atoms with E-state index in [1.165, 1.54) is 6.92 Å². The van der Waals surface area contributed by atoms with Gasteiger partial charge in [0.05, 0.1) is 12.9 Å². The minimum Gasteiger partial charge on any atom is -0.501 e. The molecule has 0 amide bonds. The normalized spacial score (nSPS) is 34.9. The van der Waals surface area contributed by atoms with Crippen LogP contribution in [-0.4, -0.2) is 29.4 Å². The van der Waals surface area contributed by atoms with Crippen molar-refractivity contribution in [3.8, 4) is 0 Å². The number of alkyl halides is 5. The van der Waals surface area contributed by atoms with E-state index >= 15 is 0 Å². The van der Waals surface area contributed by atoms with Crippen LogP contribution in [0.4, 0.5) is 22.0 Å². The first kappa shape index (κ1) is 24.4. The van der Waals surface area contributed by atoms with Crippen LogP contribution >= 0.6 is 0 Å². The summed E-state index contributed by atoms with van der Waals surface area (Å²) in [4.78, 5) is 10.7. The number of benzene rings is 1. The smallest absolute Gasteiger partial charge is 0.456 e. The SMILES string of the molecule is C[C@]12CC(c3ccc(CN=O)cc3)C3=C4CCOC=C4CCC3C1CCC2(O)C(F)(F)C(F)(F)F. The lowest BCUT2D eigenvalue weighted by atomic mass is 9.50. The summed E-state index contributed by atoms with van der Waals surface area (Å²) < 4.78 is 76.1. The lowest BCUT2D eigenvalue weighted by Gasteiger charge is -2.56. The molecule has 35 heavy (non-hydrogen) atoms. The summed E-state index contributed by atoms with van der Waals surface area (Å²) >= 11 is 0. The Hall–Kier alpha value is -2.29. The highest BCUT2D eigenvalue weighted by Crippen LogP contribution is 2.70. The van der Waals surface area contributed by atoms with Gasteiger partial charge < -0.3 is 9.84 Å². The maximum atomic E-state index is 14.9. The molecule has 0 saturated heterocycles. The van der Waals surface area contributed by atoms with Gasteiger partial charge >= 0.3 is 12.1 Å². The summed E-state index contributed by atoms with van der Waals surface area (Å²) in [5, 5.41) is 14.1. The number of allylic oxidation sites excluding steroid dienone is 2. The highest BCUT2D eigenvalue weighted by molar-refractivity contribution is 5.48. The van der Waals surface area contributed by atoms with Crippen molar-refractivity contribution in [2.24, 2.45) is 22.4 Å². The van der Waals surface area contributed by atoms with Gasteiger partial charge in [-0.1, -0.05) is 41.9 Å². The Morgan fingerprint density at radius 3 is 2.49 bits per heavy atom. The number of rotatable bonds is 4. The first-order valence-corrected chi connectivity index (χ1v) is 12.0. The van der Waals surface area contributed by atoms with Crippen LogP contribution in [0.1, 0.15) is 62.5 Å². The molecule has 0 radical (unpaired) electrons. The number of hydrogen-bond acceptors (Lipinski definition) is 4. The van der Waals surface area contributed by atoms with Crippen LogP contribution in [0.15, 0.2) is 52.4 Å². The lowest BCUT2D eigenvalue weighted by molar-refractivity contribution is -0.362. The second-order valence-corrected chi connectivity index (χ2v) is 10.6. The minimum absolute atomic E-state index is 0.0108. The molecule has 1 aromatic rings. The van der Waals surface area contributed by atoms with Crippen LogP contribution < -0.4 is 0 Å². The molecule has 1 N–H and O–H groups in total. The molecule has 1 heterocycles. The van der Waals surface area contributed by atoms with Crippen LogP contribution in [0.5, 0.6) is 0 Å². The quantitative estimate of drug-likeness (QED) is 0.368. The molecule has 9 heteroatoms. The molecule has 3 aliphatic carbocycles. The molecular formula is C26H28F5NO3. The number of halogens is 5. The molecule has 0 bridgehead atoms. The monoisotopic (exact) mass is 497 g/mol. The number of fused-ring (bicyclic) bond motifs is 4. The predicted octanol–water partition coefficient (Wildman–Crippen LogP) is 6.80. The van der Waals surface area contributed by atoms with Crippen molar-refractivity contribution in [2.45, 2.75) is 75.6 Å². The molecule has 4 nitrogen and oxygen atoms in total. The molecule has 0 spiro atoms. The van der Waals surface area contributed by atoms with Gasteiger partial charge in [0.2, 0.25) is 0 Å². The molecular weight excluding hydrogens is 469 g/mol. The second kappa shape index (κ2) is 8.11. The van der Waals surface area contributed by atoms with Crippen molar-refractivity contribution in [3.63, 3.8) is 0 Å². The van der Waals surface area contributed by atoms with Gasteiger partial charge in [0, 0.05) is 17.8 Å². The Morgan fingerprint density at radius 2 is 1.83 bits per heavy atom. The first-order chi connectivity index (χ1) is 16.4. The zero-order valence-corrected chi connectivity index (χ0v) is 19.4. The molecule has 4 aliphatic rings. The fourth-order valence-electron chi connectivity index (χ4n) is 7.42. The van der Waals surface area contributed by atoms with Gasteiger partial charge in [0.15, 0.2) is 0 Å². The van der Waals surface area contributed by atoms with Crippen LogP contribution in [0.2, 0.25) is 0 Å². The molecule has 0 aromatic heterocycles. The van der Waals surface area contributed by atoms with Gasteiger partial charge in [-0.25, -0.2) is 0 Å². The Morgan fingerprint density at radius 1 is 1.11 bits per heavy atom. The highest BCUT2D eigenvalue weighted by Gasteiger charge is 2.79. The Bertz CT molecular complexity index is 1080. The van der Waals surface area contributed by atoms with Crippen molar-refractivity contribution in [2.75, 3.05) is 6.61 Å². The average Bonchev–Trinajstić information content (AvgIpc) is 3.10. The van der Waals surface area contributed by atoms with E-state index in [1.54, 1.807) is 30.5 Å². The van der Waals surface area contributed by atoms with Crippen LogP contribution in [-0.2, 0) is 11.3 Å². The summed E-state index contributed by atoms with van der Waals surface area (Å²) in [6.45, 7) is 1.91. The Kier molecular flexibility index (Phi) is 5.66. The Balaban J connectivity index is 1.66. The zero-order valence-electron chi connectivity index (χ0n) is 19.4. The van der Waals surface area contributed by atoms with Crippen LogP contribution in [0.25, 0.3) is 0 Å². The summed E-state index contributed by atoms with van der Waals surface area (Å²) in [7, 11) is 0. The topological polar surface area (TPSA) is 58.9 Å². The van der Waals surface area contributed by atoms with E-state index in [-0.39, 0.29) is 25.3 Å². The molecule has 5 rings (SSSR count). The maximum Gasteiger partial charge on any atom is 0.456 e. The van der Waals surface area contributed by atoms with E-state index in [0.717, 1.165) is 22.3 Å². The number of ether oxygens (including phenoxy) is 1. The van der Waals surface area contributed by atoms with Crippen LogP contribution in [0.3, 0.4) is 0 Å². The van der Waals surface area contributed by atoms with Gasteiger partial charge in [-0.05, 0) is 66.2 Å². The highest BCUT2D eigenvalue weighted by atomic mass is 19.4. The number of hydrogen-bond donors (Lipinski definition) is 1. The lowest BCUT2D eigenvalue weighted by Crippen LogP contribution is -2.65. The van der Waals surface area contributed by atoms with Crippen molar-refractivity contribution in [3.05, 3.63) is 63.3 Å². The summed E-state index contributed by atoms with van der Waals surface area (Å²) in [6.07, 6.45) is -2.65. The maximum absolute atomic E-state index is 14.9. The largest absolute Gasteiger partial charge is 0.501 e. The standard InChI is InChI=1S/C26H28F5NO3/c1-23-12-20(16-4-2-15(3-5-16)13-32-34)22-18-9-11-35-14-17(18)6-7-19(22)21(23)8-10-24(23,33)25(27,28)26(29,30)31/h2-5,14,19-21,33H,6-13H2,1H3/t19?,20?,21?,23-,24?/m0/s1. The van der Waals surface area contributed by atoms with Crippen LogP contribution in [0, 0.1) is 22.2 Å². The van der Waals surface area contributed by atoms with Gasteiger partial charge in [-0.3, -0.25) is 0 Å². The van der Waals surface area contributed by atoms with Gasteiger partial charge in [0.1, 0.15) is 12.1 Å².